The summed E-state index contributed by atoms with van der Waals surface area (Å²) in [6.45, 7) is 0. The maximum Gasteiger partial charge on any atom is 0.204 e. The molecule has 0 aliphatic carbocycles. The Kier molecular flexibility index (Phi) is 0.521. The lowest BCUT2D eigenvalue weighted by molar-refractivity contribution is 0.446. The first kappa shape index (κ1) is 3.72. The molecule has 0 N–H and O–H groups in total. The highest BCUT2D eigenvalue weighted by Crippen LogP contribution is 2.11. The monoisotopic (exact) mass is 109 g/mol. The van der Waals surface area contributed by atoms with E-state index in [1.165, 1.54) is 6.26 Å². The zero-order valence-corrected chi connectivity index (χ0v) is 4.00. The Balaban J connectivity index is 3.06. The van der Waals surface area contributed by atoms with E-state index >= 15 is 0 Å². The average Bonchev–Trinajstić information content (AvgIpc) is 2.15. The van der Waals surface area contributed by atoms with Gasteiger partial charge in [-0.25, -0.2) is 0 Å². The number of furan rings is 1. The number of fused-ring (bicyclic) bond motifs is 1. The zero-order chi connectivity index (χ0) is 5.40. The summed E-state index contributed by atoms with van der Waals surface area (Å²) in [4.78, 5) is 0. The molecule has 0 saturated carbocycles. The van der Waals surface area contributed by atoms with Gasteiger partial charge in [0.15, 0.2) is 0 Å². The lowest BCUT2D eigenvalue weighted by atomic mass is 10.5. The van der Waals surface area contributed by atoms with E-state index in [4.69, 9.17) is 8.94 Å². The Morgan fingerprint density at radius 3 is 3.25 bits per heavy atom. The quantitative estimate of drug-likeness (QED) is 0.513. The highest BCUT2D eigenvalue weighted by Gasteiger charge is 1.96. The van der Waals surface area contributed by atoms with Crippen molar-refractivity contribution < 1.29 is 8.94 Å². The van der Waals surface area contributed by atoms with E-state index in [0.29, 0.717) is 5.58 Å². The van der Waals surface area contributed by atoms with Gasteiger partial charge >= 0.3 is 0 Å². The SMILES string of the molecule is c1noc2cocc12. The van der Waals surface area contributed by atoms with Crippen molar-refractivity contribution in [1.29, 1.82) is 0 Å². The number of hydrogen-bond acceptors (Lipinski definition) is 3. The minimum atomic E-state index is 0.699. The van der Waals surface area contributed by atoms with Gasteiger partial charge in [0.25, 0.3) is 0 Å². The van der Waals surface area contributed by atoms with E-state index in [2.05, 4.69) is 5.16 Å². The standard InChI is InChI=1S/C5H3NO2/c1-4-2-7-3-5(4)8-6-1/h1-3H. The molecule has 0 radical (unpaired) electrons. The Hall–Kier alpha value is -1.25. The molecular formula is C5H3NO2. The van der Waals surface area contributed by atoms with E-state index in [9.17, 15) is 0 Å². The molecule has 0 unspecified atom stereocenters. The number of nitrogens with zero attached hydrogens (tertiary/aromatic N) is 1. The van der Waals surface area contributed by atoms with Gasteiger partial charge in [-0.2, -0.15) is 0 Å². The van der Waals surface area contributed by atoms with Crippen LogP contribution in [0.4, 0.5) is 0 Å². The van der Waals surface area contributed by atoms with Gasteiger partial charge in [0, 0.05) is 0 Å². The predicted molar refractivity (Wildman–Crippen MR) is 26.3 cm³/mol. The molecule has 2 heterocycles. The fourth-order valence-corrected chi connectivity index (χ4v) is 0.603. The first-order chi connectivity index (χ1) is 3.97. The van der Waals surface area contributed by atoms with Crippen LogP contribution < -0.4 is 0 Å². The molecule has 0 atom stereocenters. The molecule has 0 fully saturated rings. The van der Waals surface area contributed by atoms with Crippen LogP contribution in [0.5, 0.6) is 0 Å². The van der Waals surface area contributed by atoms with Gasteiger partial charge in [0.1, 0.15) is 12.5 Å². The second kappa shape index (κ2) is 1.12. The molecule has 2 aromatic heterocycles. The van der Waals surface area contributed by atoms with Crippen LogP contribution in [0.3, 0.4) is 0 Å². The summed E-state index contributed by atoms with van der Waals surface area (Å²) >= 11 is 0. The van der Waals surface area contributed by atoms with Crippen molar-refractivity contribution in [1.82, 2.24) is 5.16 Å². The summed E-state index contributed by atoms with van der Waals surface area (Å²) in [5, 5.41) is 4.43. The van der Waals surface area contributed by atoms with Crippen molar-refractivity contribution >= 4 is 11.0 Å². The molecule has 3 nitrogen and oxygen atoms in total. The third-order valence-electron chi connectivity index (χ3n) is 0.997. The third kappa shape index (κ3) is 0.307. The lowest BCUT2D eigenvalue weighted by Crippen LogP contribution is -1.44. The van der Waals surface area contributed by atoms with Crippen LogP contribution in [0.2, 0.25) is 0 Å². The maximum atomic E-state index is 4.77. The van der Waals surface area contributed by atoms with Gasteiger partial charge in [-0.05, 0) is 0 Å². The molecule has 0 bridgehead atoms. The topological polar surface area (TPSA) is 39.2 Å². The van der Waals surface area contributed by atoms with Gasteiger partial charge in [-0.3, -0.25) is 0 Å². The summed E-state index contributed by atoms with van der Waals surface area (Å²) in [5.41, 5.74) is 0.699. The van der Waals surface area contributed by atoms with E-state index in [-0.39, 0.29) is 0 Å². The summed E-state index contributed by atoms with van der Waals surface area (Å²) in [7, 11) is 0. The van der Waals surface area contributed by atoms with E-state index in [0.717, 1.165) is 5.39 Å². The van der Waals surface area contributed by atoms with Crippen molar-refractivity contribution in [2.75, 3.05) is 0 Å². The van der Waals surface area contributed by atoms with Gasteiger partial charge in [0.2, 0.25) is 5.58 Å². The molecule has 0 aromatic carbocycles. The number of aromatic nitrogens is 1. The smallest absolute Gasteiger partial charge is 0.204 e. The summed E-state index contributed by atoms with van der Waals surface area (Å²) in [5.74, 6) is 0. The van der Waals surface area contributed by atoms with Gasteiger partial charge < -0.3 is 8.94 Å². The van der Waals surface area contributed by atoms with Crippen LogP contribution in [0.1, 0.15) is 0 Å². The van der Waals surface area contributed by atoms with E-state index in [1.54, 1.807) is 12.5 Å². The second-order valence-electron chi connectivity index (χ2n) is 1.52. The molecule has 0 aliphatic rings. The normalized spacial score (nSPS) is 10.5. The molecule has 40 valence electrons. The second-order valence-corrected chi connectivity index (χ2v) is 1.52. The third-order valence-corrected chi connectivity index (χ3v) is 0.997. The molecule has 0 aliphatic heterocycles. The van der Waals surface area contributed by atoms with Crippen LogP contribution >= 0.6 is 0 Å². The van der Waals surface area contributed by atoms with Crippen LogP contribution in [0.25, 0.3) is 11.0 Å². The average molecular weight is 109 g/mol. The van der Waals surface area contributed by atoms with E-state index < -0.39 is 0 Å². The number of rotatable bonds is 0. The molecule has 2 rings (SSSR count). The molecule has 0 spiro atoms. The van der Waals surface area contributed by atoms with Crippen molar-refractivity contribution in [2.24, 2.45) is 0 Å². The van der Waals surface area contributed by atoms with Crippen LogP contribution in [0, 0.1) is 0 Å². The highest BCUT2D eigenvalue weighted by molar-refractivity contribution is 5.73. The number of hydrogen-bond donors (Lipinski definition) is 0. The Labute approximate surface area is 44.9 Å². The van der Waals surface area contributed by atoms with Crippen LogP contribution in [-0.4, -0.2) is 5.16 Å². The molecule has 0 saturated heterocycles. The van der Waals surface area contributed by atoms with Crippen molar-refractivity contribution in [2.45, 2.75) is 0 Å². The van der Waals surface area contributed by atoms with Gasteiger partial charge in [-0.1, -0.05) is 5.16 Å². The van der Waals surface area contributed by atoms with Crippen molar-refractivity contribution in [3.05, 3.63) is 18.7 Å². The minimum Gasteiger partial charge on any atom is -0.468 e. The van der Waals surface area contributed by atoms with E-state index in [1.807, 2.05) is 0 Å². The molecule has 3 heteroatoms. The first-order valence-corrected chi connectivity index (χ1v) is 2.23. The van der Waals surface area contributed by atoms with Crippen LogP contribution in [-0.2, 0) is 0 Å². The molecule has 8 heavy (non-hydrogen) atoms. The largest absolute Gasteiger partial charge is 0.468 e. The Morgan fingerprint density at radius 1 is 1.38 bits per heavy atom. The summed E-state index contributed by atoms with van der Waals surface area (Å²) < 4.78 is 9.49. The highest BCUT2D eigenvalue weighted by atomic mass is 16.5. The fourth-order valence-electron chi connectivity index (χ4n) is 0.603. The Bertz CT molecular complexity index is 232. The van der Waals surface area contributed by atoms with Crippen LogP contribution in [0.15, 0.2) is 27.7 Å². The summed E-state index contributed by atoms with van der Waals surface area (Å²) in [6.07, 6.45) is 4.72. The predicted octanol–water partition coefficient (Wildman–Crippen LogP) is 1.42. The minimum absolute atomic E-state index is 0.699. The first-order valence-electron chi connectivity index (χ1n) is 2.23. The van der Waals surface area contributed by atoms with Gasteiger partial charge in [0.05, 0.1) is 11.6 Å². The van der Waals surface area contributed by atoms with Gasteiger partial charge in [-0.15, -0.1) is 0 Å². The molecule has 2 aromatic rings. The van der Waals surface area contributed by atoms with Crippen molar-refractivity contribution in [3.8, 4) is 0 Å². The maximum absolute atomic E-state index is 4.77. The molecule has 0 amide bonds. The zero-order valence-electron chi connectivity index (χ0n) is 4.00. The molecular weight excluding hydrogens is 106 g/mol. The Morgan fingerprint density at radius 2 is 2.38 bits per heavy atom. The van der Waals surface area contributed by atoms with Crippen molar-refractivity contribution in [3.63, 3.8) is 0 Å². The fraction of sp³-hybridized carbons (Fsp3) is 0. The summed E-state index contributed by atoms with van der Waals surface area (Å²) in [6, 6.07) is 0. The lowest BCUT2D eigenvalue weighted by Gasteiger charge is -1.60.